The van der Waals surface area contributed by atoms with Crippen LogP contribution in [0, 0.1) is 17.8 Å². The van der Waals surface area contributed by atoms with Crippen LogP contribution in [0.1, 0.15) is 49.1 Å². The molecule has 154 valence electrons. The lowest BCUT2D eigenvalue weighted by molar-refractivity contribution is -0.236. The van der Waals surface area contributed by atoms with Crippen molar-refractivity contribution in [3.8, 4) is 0 Å². The maximum absolute atomic E-state index is 14.0. The molecule has 2 aliphatic carbocycles. The van der Waals surface area contributed by atoms with Crippen molar-refractivity contribution in [3.05, 3.63) is 83.9 Å². The molecule has 0 spiro atoms. The van der Waals surface area contributed by atoms with Crippen molar-refractivity contribution >= 4 is 5.91 Å². The van der Waals surface area contributed by atoms with Crippen LogP contribution in [0.3, 0.4) is 0 Å². The van der Waals surface area contributed by atoms with E-state index in [0.717, 1.165) is 44.3 Å². The summed E-state index contributed by atoms with van der Waals surface area (Å²) in [5.41, 5.74) is 1.95. The number of allylic oxidation sites excluding steroid dienone is 1. The fourth-order valence-electron chi connectivity index (χ4n) is 6.75. The van der Waals surface area contributed by atoms with Gasteiger partial charge in [0.05, 0.1) is 6.61 Å². The molecule has 3 nitrogen and oxygen atoms in total. The molecule has 0 aromatic heterocycles. The monoisotopic (exact) mass is 399 g/mol. The zero-order chi connectivity index (χ0) is 20.1. The summed E-state index contributed by atoms with van der Waals surface area (Å²) in [6.07, 6.45) is 9.60. The van der Waals surface area contributed by atoms with Gasteiger partial charge in [0.25, 0.3) is 0 Å². The van der Waals surface area contributed by atoms with Crippen molar-refractivity contribution in [1.82, 2.24) is 4.90 Å². The number of fused-ring (bicyclic) bond motifs is 5. The number of carbonyl (C=O) groups excluding carboxylic acids is 1. The zero-order valence-electron chi connectivity index (χ0n) is 17.3. The van der Waals surface area contributed by atoms with Gasteiger partial charge in [0.2, 0.25) is 5.91 Å². The van der Waals surface area contributed by atoms with E-state index in [2.05, 4.69) is 77.7 Å². The van der Waals surface area contributed by atoms with Crippen LogP contribution in [0.4, 0.5) is 0 Å². The molecule has 6 atom stereocenters. The van der Waals surface area contributed by atoms with E-state index in [0.29, 0.717) is 17.7 Å². The Kier molecular flexibility index (Phi) is 4.35. The summed E-state index contributed by atoms with van der Waals surface area (Å²) in [7, 11) is 0. The highest BCUT2D eigenvalue weighted by Gasteiger charge is 2.65. The topological polar surface area (TPSA) is 29.5 Å². The molecular formula is C27H29NO2. The van der Waals surface area contributed by atoms with Crippen LogP contribution in [0.5, 0.6) is 0 Å². The van der Waals surface area contributed by atoms with Gasteiger partial charge < -0.3 is 9.64 Å². The first kappa shape index (κ1) is 18.4. The minimum atomic E-state index is -0.586. The van der Waals surface area contributed by atoms with Gasteiger partial charge in [-0.2, -0.15) is 0 Å². The third-order valence-corrected chi connectivity index (χ3v) is 8.10. The van der Waals surface area contributed by atoms with Crippen LogP contribution >= 0.6 is 0 Å². The second-order valence-electron chi connectivity index (χ2n) is 9.49. The summed E-state index contributed by atoms with van der Waals surface area (Å²) in [6, 6.07) is 21.6. The molecule has 2 saturated heterocycles. The summed E-state index contributed by atoms with van der Waals surface area (Å²) < 4.78 is 6.80. The maximum Gasteiger partial charge on any atom is 0.228 e. The highest BCUT2D eigenvalue weighted by molar-refractivity contribution is 5.84. The Labute approximate surface area is 178 Å². The molecule has 2 aliphatic heterocycles. The Morgan fingerprint density at radius 1 is 0.900 bits per heavy atom. The van der Waals surface area contributed by atoms with E-state index in [-0.39, 0.29) is 17.9 Å². The van der Waals surface area contributed by atoms with E-state index in [9.17, 15) is 4.79 Å². The zero-order valence-corrected chi connectivity index (χ0v) is 17.3. The largest absolute Gasteiger partial charge is 0.350 e. The molecule has 0 unspecified atom stereocenters. The number of carbonyl (C=O) groups is 1. The molecule has 6 rings (SSSR count). The Balaban J connectivity index is 1.43. The van der Waals surface area contributed by atoms with Crippen molar-refractivity contribution in [2.75, 3.05) is 6.61 Å². The van der Waals surface area contributed by atoms with Crippen LogP contribution in [0.15, 0.2) is 72.8 Å². The summed E-state index contributed by atoms with van der Waals surface area (Å²) in [6.45, 7) is 0.749. The van der Waals surface area contributed by atoms with Crippen LogP contribution in [0.25, 0.3) is 0 Å². The van der Waals surface area contributed by atoms with Gasteiger partial charge in [-0.3, -0.25) is 4.79 Å². The standard InChI is InChI=1S/C27H29NO2/c29-26-23-17-20(19-9-3-1-4-10-19)15-16-24(23)27(22-12-5-2-6-13-22)28(26)25-14-8-7-11-21(25)18-30-27/h1-10,12-13,20-21,23-25H,11,14-18H2/t20-,21+,23+,24-,25-,27+/m0/s1. The highest BCUT2D eigenvalue weighted by atomic mass is 16.5. The Morgan fingerprint density at radius 3 is 2.43 bits per heavy atom. The summed E-state index contributed by atoms with van der Waals surface area (Å²) in [5.74, 6) is 1.50. The average molecular weight is 400 g/mol. The van der Waals surface area contributed by atoms with Gasteiger partial charge >= 0.3 is 0 Å². The smallest absolute Gasteiger partial charge is 0.228 e. The molecule has 1 amide bonds. The number of hydrogen-bond acceptors (Lipinski definition) is 2. The lowest BCUT2D eigenvalue weighted by Gasteiger charge is -2.53. The molecule has 2 aromatic carbocycles. The Hall–Kier alpha value is -2.39. The molecule has 0 N–H and O–H groups in total. The molecule has 0 bridgehead atoms. The van der Waals surface area contributed by atoms with E-state index in [1.165, 1.54) is 5.56 Å². The molecule has 4 aliphatic rings. The van der Waals surface area contributed by atoms with E-state index in [1.807, 2.05) is 0 Å². The number of amides is 1. The van der Waals surface area contributed by atoms with Crippen LogP contribution in [-0.2, 0) is 15.3 Å². The van der Waals surface area contributed by atoms with Gasteiger partial charge in [0, 0.05) is 29.4 Å². The lowest BCUT2D eigenvalue weighted by atomic mass is 9.68. The van der Waals surface area contributed by atoms with Gasteiger partial charge in [0.1, 0.15) is 0 Å². The number of benzene rings is 2. The molecule has 30 heavy (non-hydrogen) atoms. The number of nitrogens with zero attached hydrogens (tertiary/aromatic N) is 1. The number of ether oxygens (including phenoxy) is 1. The SMILES string of the molecule is O=C1[C@@H]2C[C@@H](c3ccccc3)CC[C@@H]2[C@@]2(c3ccccc3)OC[C@H]3CC=CC[C@@H]3N12. The maximum atomic E-state index is 14.0. The van der Waals surface area contributed by atoms with E-state index in [4.69, 9.17) is 4.74 Å². The number of hydrogen-bond donors (Lipinski definition) is 0. The number of rotatable bonds is 2. The van der Waals surface area contributed by atoms with Gasteiger partial charge in [0.15, 0.2) is 5.72 Å². The van der Waals surface area contributed by atoms with Crippen LogP contribution in [-0.4, -0.2) is 23.5 Å². The van der Waals surface area contributed by atoms with Gasteiger partial charge in [-0.1, -0.05) is 72.8 Å². The van der Waals surface area contributed by atoms with Crippen molar-refractivity contribution in [2.24, 2.45) is 17.8 Å². The lowest BCUT2D eigenvalue weighted by Crippen LogP contribution is -2.60. The van der Waals surface area contributed by atoms with Crippen molar-refractivity contribution in [2.45, 2.75) is 49.8 Å². The molecule has 3 fully saturated rings. The van der Waals surface area contributed by atoms with E-state index < -0.39 is 5.72 Å². The summed E-state index contributed by atoms with van der Waals surface area (Å²) in [5, 5.41) is 0. The molecular weight excluding hydrogens is 370 g/mol. The minimum absolute atomic E-state index is 0.0498. The first-order chi connectivity index (χ1) is 14.8. The molecule has 1 saturated carbocycles. The predicted octanol–water partition coefficient (Wildman–Crippen LogP) is 5.25. The Bertz CT molecular complexity index is 955. The van der Waals surface area contributed by atoms with E-state index in [1.54, 1.807) is 0 Å². The van der Waals surface area contributed by atoms with Gasteiger partial charge in [-0.05, 0) is 43.6 Å². The second kappa shape index (κ2) is 7.09. The summed E-state index contributed by atoms with van der Waals surface area (Å²) >= 11 is 0. The first-order valence-corrected chi connectivity index (χ1v) is 11.5. The van der Waals surface area contributed by atoms with Crippen molar-refractivity contribution in [3.63, 3.8) is 0 Å². The normalized spacial score (nSPS) is 37.4. The third-order valence-electron chi connectivity index (χ3n) is 8.10. The minimum Gasteiger partial charge on any atom is -0.350 e. The molecule has 3 heteroatoms. The quantitative estimate of drug-likeness (QED) is 0.646. The van der Waals surface area contributed by atoms with Crippen molar-refractivity contribution < 1.29 is 9.53 Å². The average Bonchev–Trinajstić information content (AvgIpc) is 3.09. The second-order valence-corrected chi connectivity index (χ2v) is 9.49. The fraction of sp³-hybridized carbons (Fsp3) is 0.444. The third kappa shape index (κ3) is 2.58. The molecule has 2 aromatic rings. The highest BCUT2D eigenvalue weighted by Crippen LogP contribution is 2.59. The molecule has 2 heterocycles. The van der Waals surface area contributed by atoms with E-state index >= 15 is 0 Å². The predicted molar refractivity (Wildman–Crippen MR) is 117 cm³/mol. The fourth-order valence-corrected chi connectivity index (χ4v) is 6.75. The van der Waals surface area contributed by atoms with Gasteiger partial charge in [-0.25, -0.2) is 0 Å². The molecule has 0 radical (unpaired) electrons. The van der Waals surface area contributed by atoms with Crippen molar-refractivity contribution in [1.29, 1.82) is 0 Å². The summed E-state index contributed by atoms with van der Waals surface area (Å²) in [4.78, 5) is 16.2. The van der Waals surface area contributed by atoms with Crippen LogP contribution in [0.2, 0.25) is 0 Å². The Morgan fingerprint density at radius 2 is 1.63 bits per heavy atom. The van der Waals surface area contributed by atoms with Gasteiger partial charge in [-0.15, -0.1) is 0 Å². The van der Waals surface area contributed by atoms with Crippen LogP contribution < -0.4 is 0 Å². The first-order valence-electron chi connectivity index (χ1n) is 11.5.